The molecule has 0 aromatic heterocycles. The number of nitrogens with zero attached hydrogens (tertiary/aromatic N) is 1. The van der Waals surface area contributed by atoms with Gasteiger partial charge in [0.1, 0.15) is 11.6 Å². The quantitative estimate of drug-likeness (QED) is 0.0193. The molecule has 0 bridgehead atoms. The van der Waals surface area contributed by atoms with E-state index in [9.17, 15) is 48.3 Å². The zero-order valence-electron chi connectivity index (χ0n) is 59.5. The van der Waals surface area contributed by atoms with Crippen molar-refractivity contribution in [2.75, 3.05) is 63.1 Å². The second-order valence-electron chi connectivity index (χ2n) is 29.8. The number of Topliss-reactive ketones (excluding diaryl/α,β-unsaturated/α-hetero) is 3. The van der Waals surface area contributed by atoms with E-state index in [4.69, 9.17) is 18.9 Å². The first-order valence-electron chi connectivity index (χ1n) is 36.1. The third-order valence-electron chi connectivity index (χ3n) is 22.4. The van der Waals surface area contributed by atoms with Crippen molar-refractivity contribution in [2.24, 2.45) is 40.4 Å². The number of aryl methyl sites for hydroxylation is 3. The fraction of sp³-hybridized carbons (Fsp3) is 0.568. The third-order valence-corrected chi connectivity index (χ3v) is 22.4. The van der Waals surface area contributed by atoms with Gasteiger partial charge in [0.05, 0.1) is 75.4 Å². The van der Waals surface area contributed by atoms with Crippen LogP contribution in [0, 0.1) is 59.2 Å². The minimum absolute atomic E-state index is 0.00286. The monoisotopic (exact) mass is 1360 g/mol. The Balaban J connectivity index is 0.653. The number of imide groups is 1. The highest BCUT2D eigenvalue weighted by Gasteiger charge is 2.58. The fourth-order valence-corrected chi connectivity index (χ4v) is 16.8. The average molecular weight is 1360 g/mol. The Morgan fingerprint density at radius 1 is 0.586 bits per heavy atom. The number of anilines is 2. The Bertz CT molecular complexity index is 3680. The fourth-order valence-electron chi connectivity index (χ4n) is 16.8. The van der Waals surface area contributed by atoms with Crippen molar-refractivity contribution < 1.29 is 67.2 Å². The minimum Gasteiger partial charge on any atom is -0.481 e. The second kappa shape index (κ2) is 34.1. The first-order valence-corrected chi connectivity index (χ1v) is 36.1. The van der Waals surface area contributed by atoms with Crippen LogP contribution in [0.2, 0.25) is 0 Å². The number of amides is 5. The normalized spacial score (nSPS) is 22.9. The van der Waals surface area contributed by atoms with E-state index in [1.54, 1.807) is 25.7 Å². The summed E-state index contributed by atoms with van der Waals surface area (Å²) in [6, 6.07) is 27.0. The molecular formula is C81H104N4O14. The average Bonchev–Trinajstić information content (AvgIpc) is 0.724. The van der Waals surface area contributed by atoms with Gasteiger partial charge in [-0.1, -0.05) is 133 Å². The number of ether oxygens (including phenoxy) is 4. The van der Waals surface area contributed by atoms with Gasteiger partial charge in [0.25, 0.3) is 0 Å². The van der Waals surface area contributed by atoms with Crippen molar-refractivity contribution in [1.82, 2.24) is 10.6 Å². The molecule has 1 aliphatic heterocycles. The Kier molecular flexibility index (Phi) is 26.0. The van der Waals surface area contributed by atoms with Gasteiger partial charge < -0.3 is 39.6 Å². The number of carboxylic acids is 1. The summed E-state index contributed by atoms with van der Waals surface area (Å²) >= 11 is 0. The zero-order valence-corrected chi connectivity index (χ0v) is 59.5. The van der Waals surface area contributed by atoms with Crippen LogP contribution in [0.15, 0.2) is 84.9 Å². The lowest BCUT2D eigenvalue weighted by atomic mass is 9.49. The van der Waals surface area contributed by atoms with Gasteiger partial charge in [-0.05, 0) is 158 Å². The maximum Gasteiger partial charge on any atom is 0.303 e. The number of hydrogen-bond donors (Lipinski definition) is 4. The molecule has 0 saturated heterocycles. The van der Waals surface area contributed by atoms with Crippen molar-refractivity contribution >= 4 is 64.2 Å². The van der Waals surface area contributed by atoms with Gasteiger partial charge in [0, 0.05) is 80.2 Å². The molecule has 9 atom stereocenters. The lowest BCUT2D eigenvalue weighted by Gasteiger charge is -2.56. The van der Waals surface area contributed by atoms with Crippen LogP contribution >= 0.6 is 0 Å². The number of aliphatic carboxylic acids is 1. The van der Waals surface area contributed by atoms with Crippen molar-refractivity contribution in [3.63, 3.8) is 0 Å². The highest BCUT2D eigenvalue weighted by Crippen LogP contribution is 2.60. The molecule has 532 valence electrons. The molecule has 0 radical (unpaired) electrons. The van der Waals surface area contributed by atoms with Crippen LogP contribution in [0.4, 0.5) is 11.4 Å². The van der Waals surface area contributed by atoms with Crippen molar-refractivity contribution in [1.29, 1.82) is 0 Å². The van der Waals surface area contributed by atoms with Crippen LogP contribution in [0.5, 0.6) is 0 Å². The van der Waals surface area contributed by atoms with Crippen molar-refractivity contribution in [3.05, 3.63) is 129 Å². The SMILES string of the molecule is Cc1ccc2c(c1)[C@@]1(C)CCC[C@](C)(C(=O)NC(=O)[C@@]3(C)CCC[C@]4(C)c5cc(NC(=O)[C@H](C)CC(=O)[C@@H](NC(=O)[C@H](CCC(=O)O)CC(=O)CCOCCOCCOCCOCCCC(=O)CCC(=O)N6Cc7ccccc7C#Cc7ccccc76)C(C)C)ccc5CC[C@@H]34)[C@@H]1CC2. The third kappa shape index (κ3) is 18.5. The topological polar surface area (TPSA) is 250 Å². The van der Waals surface area contributed by atoms with Gasteiger partial charge in [0.2, 0.25) is 29.5 Å². The van der Waals surface area contributed by atoms with E-state index in [-0.39, 0.29) is 129 Å². The molecule has 1 heterocycles. The first kappa shape index (κ1) is 75.5. The number of carbonyl (C=O) groups is 9. The van der Waals surface area contributed by atoms with Gasteiger partial charge in [0.15, 0.2) is 5.78 Å². The Morgan fingerprint density at radius 2 is 1.15 bits per heavy atom. The number of benzene rings is 4. The van der Waals surface area contributed by atoms with E-state index in [0.29, 0.717) is 64.5 Å². The highest BCUT2D eigenvalue weighted by molar-refractivity contribution is 6.01. The summed E-state index contributed by atoms with van der Waals surface area (Å²) in [6.07, 6.45) is 8.44. The van der Waals surface area contributed by atoms with Crippen LogP contribution < -0.4 is 20.9 Å². The number of hydrogen-bond acceptors (Lipinski definition) is 13. The van der Waals surface area contributed by atoms with E-state index in [0.717, 1.165) is 91.3 Å². The minimum atomic E-state index is -1.13. The van der Waals surface area contributed by atoms with E-state index in [1.807, 2.05) is 73.7 Å². The molecule has 2 fully saturated rings. The van der Waals surface area contributed by atoms with Gasteiger partial charge in [-0.2, -0.15) is 0 Å². The molecule has 4 aromatic rings. The molecule has 0 spiro atoms. The zero-order chi connectivity index (χ0) is 71.1. The summed E-state index contributed by atoms with van der Waals surface area (Å²) in [6.45, 7) is 18.6. The van der Waals surface area contributed by atoms with Crippen LogP contribution in [0.25, 0.3) is 0 Å². The van der Waals surface area contributed by atoms with Gasteiger partial charge >= 0.3 is 5.97 Å². The summed E-state index contributed by atoms with van der Waals surface area (Å²) in [5.41, 5.74) is 8.01. The standard InChI is InChI=1S/C81H104N4O14/c1-53(2)73(68(88)49-55(4)74(92)82-62-29-25-58-27-32-70-79(6,66(58)51-62)37-15-39-81(70,8)77(95)84-76(94)80(7)38-14-36-78(5)65-48-54(3)21-22-57(65)26-31-69(78)80)83-75(93)60(28-34-72(90)91)50-64(87)35-41-97-43-45-99-47-46-98-44-42-96-40-13-19-63(86)30-33-71(89)85-52-61-18-10-9-16-56(61)23-24-59-17-11-12-20-67(59)85/h9-12,16-18,20-22,25,29,48,51,53,55,60,69-70,73H,13-15,19,26-28,30-47,49-50,52H2,1-8H3,(H,82,92)(H,83,93)(H,90,91)(H,84,94,95)/t55-,60-,69-,70-,73+,78-,79-,80+,81+/m1/s1. The van der Waals surface area contributed by atoms with Crippen molar-refractivity contribution in [2.45, 2.75) is 201 Å². The van der Waals surface area contributed by atoms with Crippen LogP contribution in [-0.4, -0.2) is 117 Å². The molecule has 18 heteroatoms. The summed E-state index contributed by atoms with van der Waals surface area (Å²) in [5, 5.41) is 18.5. The first-order chi connectivity index (χ1) is 47.3. The molecule has 0 unspecified atom stereocenters. The number of nitrogens with one attached hydrogen (secondary N) is 3. The van der Waals surface area contributed by atoms with Crippen LogP contribution in [-0.2, 0) is 92.3 Å². The molecule has 99 heavy (non-hydrogen) atoms. The van der Waals surface area contributed by atoms with Gasteiger partial charge in [-0.15, -0.1) is 0 Å². The molecule has 18 nitrogen and oxygen atoms in total. The maximum atomic E-state index is 14.8. The predicted molar refractivity (Wildman–Crippen MR) is 379 cm³/mol. The smallest absolute Gasteiger partial charge is 0.303 e. The summed E-state index contributed by atoms with van der Waals surface area (Å²) in [5.74, 6) is 0.962. The molecule has 9 rings (SSSR count). The molecule has 4 aromatic carbocycles. The summed E-state index contributed by atoms with van der Waals surface area (Å²) in [7, 11) is 0. The van der Waals surface area contributed by atoms with Gasteiger partial charge in [-0.25, -0.2) is 0 Å². The lowest BCUT2D eigenvalue weighted by Crippen LogP contribution is -2.60. The van der Waals surface area contributed by atoms with E-state index >= 15 is 0 Å². The Morgan fingerprint density at radius 3 is 1.78 bits per heavy atom. The summed E-state index contributed by atoms with van der Waals surface area (Å²) < 4.78 is 22.5. The number of rotatable bonds is 34. The molecule has 2 saturated carbocycles. The molecule has 4 N–H and O–H groups in total. The van der Waals surface area contributed by atoms with Crippen molar-refractivity contribution in [3.8, 4) is 11.8 Å². The number of carbonyl (C=O) groups excluding carboxylic acids is 8. The van der Waals surface area contributed by atoms with Gasteiger partial charge in [-0.3, -0.25) is 48.5 Å². The lowest BCUT2D eigenvalue weighted by molar-refractivity contribution is -0.150. The van der Waals surface area contributed by atoms with E-state index in [2.05, 4.69) is 73.7 Å². The number of fused-ring (bicyclic) bond motifs is 8. The maximum absolute atomic E-state index is 14.8. The molecule has 5 aliphatic rings. The Hall–Kier alpha value is -7.69. The molecule has 4 aliphatic carbocycles. The van der Waals surface area contributed by atoms with E-state index < -0.39 is 46.0 Å². The van der Waals surface area contributed by atoms with E-state index in [1.165, 1.54) is 16.7 Å². The molecular weight excluding hydrogens is 1250 g/mol. The Labute approximate surface area is 584 Å². The predicted octanol–water partition coefficient (Wildman–Crippen LogP) is 12.0. The number of para-hydroxylation sites is 1. The largest absolute Gasteiger partial charge is 0.481 e. The highest BCUT2D eigenvalue weighted by atomic mass is 16.6. The number of ketones is 3. The summed E-state index contributed by atoms with van der Waals surface area (Å²) in [4.78, 5) is 124. The molecule has 5 amide bonds. The number of carboxylic acid groups (broad SMARTS) is 1. The van der Waals surface area contributed by atoms with Crippen LogP contribution in [0.1, 0.15) is 202 Å². The second-order valence-corrected chi connectivity index (χ2v) is 29.8. The van der Waals surface area contributed by atoms with Crippen LogP contribution in [0.3, 0.4) is 0 Å².